The van der Waals surface area contributed by atoms with Gasteiger partial charge in [0.25, 0.3) is 0 Å². The molecule has 0 aliphatic carbocycles. The number of aryl methyl sites for hydroxylation is 1. The van der Waals surface area contributed by atoms with Crippen LogP contribution in [0.5, 0.6) is 5.75 Å². The van der Waals surface area contributed by atoms with Crippen molar-refractivity contribution >= 4 is 10.8 Å². The summed E-state index contributed by atoms with van der Waals surface area (Å²) < 4.78 is 6.13. The van der Waals surface area contributed by atoms with Crippen LogP contribution in [0, 0.1) is 12.8 Å². The van der Waals surface area contributed by atoms with Crippen LogP contribution in [0.25, 0.3) is 10.8 Å². The van der Waals surface area contributed by atoms with Gasteiger partial charge in [0.05, 0.1) is 6.61 Å². The van der Waals surface area contributed by atoms with Crippen molar-refractivity contribution in [3.8, 4) is 5.75 Å². The van der Waals surface area contributed by atoms with Gasteiger partial charge in [-0.15, -0.1) is 0 Å². The van der Waals surface area contributed by atoms with Gasteiger partial charge in [0, 0.05) is 18.7 Å². The topological polar surface area (TPSA) is 21.3 Å². The van der Waals surface area contributed by atoms with E-state index in [9.17, 15) is 0 Å². The number of ether oxygens (including phenoxy) is 1. The molecule has 2 heteroatoms. The maximum absolute atomic E-state index is 6.13. The molecule has 0 saturated carbocycles. The first kappa shape index (κ1) is 18.5. The van der Waals surface area contributed by atoms with E-state index in [1.807, 2.05) is 0 Å². The Kier molecular flexibility index (Phi) is 6.30. The van der Waals surface area contributed by atoms with Crippen LogP contribution in [-0.2, 0) is 13.1 Å². The minimum absolute atomic E-state index is 0.651. The fourth-order valence-electron chi connectivity index (χ4n) is 3.08. The Labute approximate surface area is 157 Å². The lowest BCUT2D eigenvalue weighted by molar-refractivity contribution is 0.286. The fraction of sp³-hybridized carbons (Fsp3) is 0.333. The Balaban J connectivity index is 1.75. The quantitative estimate of drug-likeness (QED) is 0.551. The molecule has 1 N–H and O–H groups in total. The van der Waals surface area contributed by atoms with Crippen LogP contribution in [-0.4, -0.2) is 6.61 Å². The summed E-state index contributed by atoms with van der Waals surface area (Å²) in [5, 5.41) is 6.12. The standard InChI is InChI=1S/C24H29NO/c1-18(2)14-15-26-24-13-12-21-6-4-5-7-22(21)23(24)17-25-16-20-10-8-19(3)9-11-20/h4-13,18,25H,14-17H2,1-3H3. The summed E-state index contributed by atoms with van der Waals surface area (Å²) in [4.78, 5) is 0. The third-order valence-electron chi connectivity index (χ3n) is 4.70. The first-order chi connectivity index (χ1) is 12.6. The number of nitrogens with one attached hydrogen (secondary N) is 1. The van der Waals surface area contributed by atoms with E-state index in [1.54, 1.807) is 0 Å². The molecule has 0 heterocycles. The number of rotatable bonds is 8. The molecule has 0 unspecified atom stereocenters. The third kappa shape index (κ3) is 4.86. The maximum atomic E-state index is 6.13. The first-order valence-corrected chi connectivity index (χ1v) is 9.53. The van der Waals surface area contributed by atoms with Crippen molar-refractivity contribution in [2.75, 3.05) is 6.61 Å². The molecule has 0 atom stereocenters. The minimum atomic E-state index is 0.651. The highest BCUT2D eigenvalue weighted by atomic mass is 16.5. The molecule has 0 spiro atoms. The van der Waals surface area contributed by atoms with Crippen LogP contribution in [0.15, 0.2) is 60.7 Å². The molecule has 0 fully saturated rings. The molecule has 0 aromatic heterocycles. The van der Waals surface area contributed by atoms with E-state index in [1.165, 1.54) is 27.5 Å². The van der Waals surface area contributed by atoms with Crippen molar-refractivity contribution in [3.63, 3.8) is 0 Å². The maximum Gasteiger partial charge on any atom is 0.124 e. The van der Waals surface area contributed by atoms with E-state index in [-0.39, 0.29) is 0 Å². The van der Waals surface area contributed by atoms with Gasteiger partial charge in [0.2, 0.25) is 0 Å². The van der Waals surface area contributed by atoms with Crippen molar-refractivity contribution in [2.24, 2.45) is 5.92 Å². The zero-order chi connectivity index (χ0) is 18.4. The fourth-order valence-corrected chi connectivity index (χ4v) is 3.08. The molecular weight excluding hydrogens is 318 g/mol. The molecule has 3 aromatic rings. The van der Waals surface area contributed by atoms with E-state index in [2.05, 4.69) is 86.8 Å². The van der Waals surface area contributed by atoms with Crippen molar-refractivity contribution < 1.29 is 4.74 Å². The lowest BCUT2D eigenvalue weighted by atomic mass is 10.0. The van der Waals surface area contributed by atoms with Gasteiger partial charge in [-0.25, -0.2) is 0 Å². The highest BCUT2D eigenvalue weighted by Crippen LogP contribution is 2.28. The molecule has 0 amide bonds. The Morgan fingerprint density at radius 1 is 0.885 bits per heavy atom. The largest absolute Gasteiger partial charge is 0.493 e. The molecule has 0 radical (unpaired) electrons. The van der Waals surface area contributed by atoms with Gasteiger partial charge in [0.15, 0.2) is 0 Å². The van der Waals surface area contributed by atoms with Gasteiger partial charge < -0.3 is 10.1 Å². The van der Waals surface area contributed by atoms with E-state index in [0.717, 1.165) is 31.9 Å². The summed E-state index contributed by atoms with van der Waals surface area (Å²) in [5.74, 6) is 1.65. The van der Waals surface area contributed by atoms with Crippen molar-refractivity contribution in [3.05, 3.63) is 77.4 Å². The number of benzene rings is 3. The van der Waals surface area contributed by atoms with E-state index < -0.39 is 0 Å². The van der Waals surface area contributed by atoms with Crippen molar-refractivity contribution in [1.29, 1.82) is 0 Å². The van der Waals surface area contributed by atoms with Crippen LogP contribution >= 0.6 is 0 Å². The van der Waals surface area contributed by atoms with Gasteiger partial charge >= 0.3 is 0 Å². The van der Waals surface area contributed by atoms with Crippen molar-refractivity contribution in [2.45, 2.75) is 40.3 Å². The zero-order valence-corrected chi connectivity index (χ0v) is 16.1. The lowest BCUT2D eigenvalue weighted by Crippen LogP contribution is -2.14. The van der Waals surface area contributed by atoms with Gasteiger partial charge in [-0.05, 0) is 41.7 Å². The second-order valence-electron chi connectivity index (χ2n) is 7.38. The van der Waals surface area contributed by atoms with Crippen LogP contribution in [0.1, 0.15) is 37.0 Å². The predicted molar refractivity (Wildman–Crippen MR) is 111 cm³/mol. The van der Waals surface area contributed by atoms with Gasteiger partial charge in [-0.3, -0.25) is 0 Å². The molecule has 3 rings (SSSR count). The molecule has 26 heavy (non-hydrogen) atoms. The van der Waals surface area contributed by atoms with Crippen LogP contribution in [0.3, 0.4) is 0 Å². The molecule has 136 valence electrons. The highest BCUT2D eigenvalue weighted by Gasteiger charge is 2.09. The smallest absolute Gasteiger partial charge is 0.124 e. The summed E-state index contributed by atoms with van der Waals surface area (Å²) in [6, 6.07) is 21.5. The summed E-state index contributed by atoms with van der Waals surface area (Å²) in [6.45, 7) is 9.00. The SMILES string of the molecule is Cc1ccc(CNCc2c(OCCC(C)C)ccc3ccccc23)cc1. The summed E-state index contributed by atoms with van der Waals surface area (Å²) >= 11 is 0. The summed E-state index contributed by atoms with van der Waals surface area (Å²) in [6.07, 6.45) is 1.07. The summed E-state index contributed by atoms with van der Waals surface area (Å²) in [7, 11) is 0. The number of fused-ring (bicyclic) bond motifs is 1. The predicted octanol–water partition coefficient (Wildman–Crippen LogP) is 5.86. The monoisotopic (exact) mass is 347 g/mol. The third-order valence-corrected chi connectivity index (χ3v) is 4.70. The van der Waals surface area contributed by atoms with Gasteiger partial charge in [0.1, 0.15) is 5.75 Å². The Bertz CT molecular complexity index is 836. The number of hydrogen-bond donors (Lipinski definition) is 1. The zero-order valence-electron chi connectivity index (χ0n) is 16.1. The van der Waals surface area contributed by atoms with Gasteiger partial charge in [-0.2, -0.15) is 0 Å². The molecule has 3 aromatic carbocycles. The van der Waals surface area contributed by atoms with Crippen LogP contribution < -0.4 is 10.1 Å². The molecular formula is C24H29NO. The molecule has 0 saturated heterocycles. The van der Waals surface area contributed by atoms with Crippen LogP contribution in [0.4, 0.5) is 0 Å². The Hall–Kier alpha value is -2.32. The Morgan fingerprint density at radius 3 is 2.42 bits per heavy atom. The molecule has 0 bridgehead atoms. The van der Waals surface area contributed by atoms with E-state index in [0.29, 0.717) is 5.92 Å². The first-order valence-electron chi connectivity index (χ1n) is 9.53. The van der Waals surface area contributed by atoms with Crippen molar-refractivity contribution in [1.82, 2.24) is 5.32 Å². The van der Waals surface area contributed by atoms with Crippen LogP contribution in [0.2, 0.25) is 0 Å². The van der Waals surface area contributed by atoms with E-state index in [4.69, 9.17) is 4.74 Å². The molecule has 0 aliphatic heterocycles. The second-order valence-corrected chi connectivity index (χ2v) is 7.38. The average molecular weight is 348 g/mol. The highest BCUT2D eigenvalue weighted by molar-refractivity contribution is 5.87. The summed E-state index contributed by atoms with van der Waals surface area (Å²) in [5.41, 5.74) is 3.85. The second kappa shape index (κ2) is 8.86. The van der Waals surface area contributed by atoms with E-state index >= 15 is 0 Å². The average Bonchev–Trinajstić information content (AvgIpc) is 2.64. The molecule has 2 nitrogen and oxygen atoms in total. The minimum Gasteiger partial charge on any atom is -0.493 e. The molecule has 0 aliphatic rings. The lowest BCUT2D eigenvalue weighted by Gasteiger charge is -2.16. The van der Waals surface area contributed by atoms with Gasteiger partial charge in [-0.1, -0.05) is 74.0 Å². The number of hydrogen-bond acceptors (Lipinski definition) is 2. The normalized spacial score (nSPS) is 11.2. The Morgan fingerprint density at radius 2 is 1.65 bits per heavy atom.